The molecule has 0 spiro atoms. The van der Waals surface area contributed by atoms with E-state index < -0.39 is 5.92 Å². The summed E-state index contributed by atoms with van der Waals surface area (Å²) in [5, 5.41) is 3.52. The summed E-state index contributed by atoms with van der Waals surface area (Å²) in [6, 6.07) is 0.367. The average Bonchev–Trinajstić information content (AvgIpc) is 2.38. The highest BCUT2D eigenvalue weighted by molar-refractivity contribution is 4.89. The fourth-order valence-corrected chi connectivity index (χ4v) is 3.42. The summed E-state index contributed by atoms with van der Waals surface area (Å²) in [6.07, 6.45) is 3.71. The van der Waals surface area contributed by atoms with Gasteiger partial charge in [0.1, 0.15) is 0 Å². The van der Waals surface area contributed by atoms with Crippen molar-refractivity contribution in [2.75, 3.05) is 19.8 Å². The van der Waals surface area contributed by atoms with Gasteiger partial charge in [0.05, 0.1) is 6.61 Å². The lowest BCUT2D eigenvalue weighted by Gasteiger charge is -2.39. The number of ether oxygens (including phenoxy) is 1. The maximum absolute atomic E-state index is 13.2. The Balaban J connectivity index is 1.92. The van der Waals surface area contributed by atoms with Gasteiger partial charge >= 0.3 is 0 Å². The molecular formula is C14H25F2NO. The van der Waals surface area contributed by atoms with Gasteiger partial charge in [0.2, 0.25) is 5.92 Å². The summed E-state index contributed by atoms with van der Waals surface area (Å²) < 4.78 is 32.0. The maximum Gasteiger partial charge on any atom is 0.248 e. The Morgan fingerprint density at radius 1 is 1.22 bits per heavy atom. The van der Waals surface area contributed by atoms with Gasteiger partial charge in [-0.05, 0) is 44.1 Å². The van der Waals surface area contributed by atoms with Crippen LogP contribution in [-0.4, -0.2) is 31.7 Å². The summed E-state index contributed by atoms with van der Waals surface area (Å²) in [5.41, 5.74) is 0. The van der Waals surface area contributed by atoms with Crippen molar-refractivity contribution in [2.24, 2.45) is 11.8 Å². The molecule has 1 heterocycles. The lowest BCUT2D eigenvalue weighted by molar-refractivity contribution is -0.0570. The minimum Gasteiger partial charge on any atom is -0.381 e. The standard InChI is InChI=1S/C14H25F2NO/c1-2-17-13(12-4-3-9-18-10-12)11-5-7-14(15,16)8-6-11/h11-13,17H,2-10H2,1H3. The molecule has 1 aliphatic carbocycles. The molecule has 0 bridgehead atoms. The van der Waals surface area contributed by atoms with Crippen LogP contribution in [0.2, 0.25) is 0 Å². The van der Waals surface area contributed by atoms with Gasteiger partial charge in [0.25, 0.3) is 0 Å². The van der Waals surface area contributed by atoms with E-state index in [0.29, 0.717) is 30.7 Å². The van der Waals surface area contributed by atoms with Gasteiger partial charge in [-0.2, -0.15) is 0 Å². The van der Waals surface area contributed by atoms with Crippen molar-refractivity contribution in [1.82, 2.24) is 5.32 Å². The zero-order valence-corrected chi connectivity index (χ0v) is 11.3. The number of hydrogen-bond acceptors (Lipinski definition) is 2. The van der Waals surface area contributed by atoms with Crippen LogP contribution in [0.4, 0.5) is 8.78 Å². The van der Waals surface area contributed by atoms with Crippen LogP contribution >= 0.6 is 0 Å². The van der Waals surface area contributed by atoms with Gasteiger partial charge in [0.15, 0.2) is 0 Å². The monoisotopic (exact) mass is 261 g/mol. The fraction of sp³-hybridized carbons (Fsp3) is 1.00. The minimum absolute atomic E-state index is 0.0626. The van der Waals surface area contributed by atoms with Crippen molar-refractivity contribution in [1.29, 1.82) is 0 Å². The van der Waals surface area contributed by atoms with Crippen molar-refractivity contribution < 1.29 is 13.5 Å². The molecule has 2 fully saturated rings. The van der Waals surface area contributed by atoms with Crippen LogP contribution in [0.3, 0.4) is 0 Å². The SMILES string of the molecule is CCNC(C1CCC(F)(F)CC1)C1CCCOC1. The van der Waals surface area contributed by atoms with Crippen LogP contribution in [0.5, 0.6) is 0 Å². The zero-order valence-electron chi connectivity index (χ0n) is 11.3. The Morgan fingerprint density at radius 2 is 1.94 bits per heavy atom. The molecule has 106 valence electrons. The average molecular weight is 261 g/mol. The third-order valence-corrected chi connectivity index (χ3v) is 4.41. The first-order valence-electron chi connectivity index (χ1n) is 7.31. The minimum atomic E-state index is -2.42. The molecule has 0 aromatic heterocycles. The van der Waals surface area contributed by atoms with Crippen molar-refractivity contribution in [3.63, 3.8) is 0 Å². The molecular weight excluding hydrogens is 236 g/mol. The highest BCUT2D eigenvalue weighted by Gasteiger charge is 2.39. The summed E-state index contributed by atoms with van der Waals surface area (Å²) in [6.45, 7) is 4.66. The first kappa shape index (κ1) is 14.2. The van der Waals surface area contributed by atoms with Crippen molar-refractivity contribution >= 4 is 0 Å². The van der Waals surface area contributed by atoms with Crippen molar-refractivity contribution in [2.45, 2.75) is 57.4 Å². The molecule has 2 aliphatic rings. The Labute approximate surface area is 108 Å². The van der Waals surface area contributed by atoms with E-state index in [1.807, 2.05) is 0 Å². The van der Waals surface area contributed by atoms with Crippen LogP contribution in [0.15, 0.2) is 0 Å². The van der Waals surface area contributed by atoms with Crippen LogP contribution in [0.1, 0.15) is 45.4 Å². The first-order chi connectivity index (χ1) is 8.62. The highest BCUT2D eigenvalue weighted by atomic mass is 19.3. The second kappa shape index (κ2) is 6.29. The van der Waals surface area contributed by atoms with Crippen molar-refractivity contribution in [3.8, 4) is 0 Å². The van der Waals surface area contributed by atoms with Gasteiger partial charge in [-0.1, -0.05) is 6.92 Å². The van der Waals surface area contributed by atoms with E-state index in [-0.39, 0.29) is 12.8 Å². The molecule has 0 amide bonds. The molecule has 1 N–H and O–H groups in total. The summed E-state index contributed by atoms with van der Waals surface area (Å²) in [7, 11) is 0. The number of nitrogens with one attached hydrogen (secondary N) is 1. The third kappa shape index (κ3) is 3.64. The van der Waals surface area contributed by atoms with Gasteiger partial charge < -0.3 is 10.1 Å². The summed E-state index contributed by atoms with van der Waals surface area (Å²) >= 11 is 0. The molecule has 1 aliphatic heterocycles. The molecule has 0 aromatic rings. The second-order valence-corrected chi connectivity index (χ2v) is 5.75. The van der Waals surface area contributed by atoms with E-state index in [2.05, 4.69) is 12.2 Å². The van der Waals surface area contributed by atoms with Crippen LogP contribution in [-0.2, 0) is 4.74 Å². The van der Waals surface area contributed by atoms with Crippen LogP contribution in [0.25, 0.3) is 0 Å². The first-order valence-corrected chi connectivity index (χ1v) is 7.31. The second-order valence-electron chi connectivity index (χ2n) is 5.75. The smallest absolute Gasteiger partial charge is 0.248 e. The topological polar surface area (TPSA) is 21.3 Å². The molecule has 1 saturated carbocycles. The summed E-state index contributed by atoms with van der Waals surface area (Å²) in [4.78, 5) is 0. The number of halogens is 2. The van der Waals surface area contributed by atoms with E-state index >= 15 is 0 Å². The van der Waals surface area contributed by atoms with E-state index in [4.69, 9.17) is 4.74 Å². The normalized spacial score (nSPS) is 31.2. The molecule has 1 saturated heterocycles. The third-order valence-electron chi connectivity index (χ3n) is 4.41. The largest absolute Gasteiger partial charge is 0.381 e. The molecule has 2 rings (SSSR count). The predicted octanol–water partition coefficient (Wildman–Crippen LogP) is 3.22. The molecule has 2 atom stereocenters. The lowest BCUT2D eigenvalue weighted by Crippen LogP contribution is -2.47. The summed E-state index contributed by atoms with van der Waals surface area (Å²) in [5.74, 6) is -1.51. The Hall–Kier alpha value is -0.220. The van der Waals surface area contributed by atoms with Gasteiger partial charge in [0, 0.05) is 25.5 Å². The van der Waals surface area contributed by atoms with E-state index in [1.165, 1.54) is 6.42 Å². The number of hydrogen-bond donors (Lipinski definition) is 1. The zero-order chi connectivity index (χ0) is 13.0. The molecule has 2 nitrogen and oxygen atoms in total. The molecule has 0 aromatic carbocycles. The molecule has 0 radical (unpaired) electrons. The van der Waals surface area contributed by atoms with E-state index in [9.17, 15) is 8.78 Å². The van der Waals surface area contributed by atoms with Gasteiger partial charge in [-0.25, -0.2) is 8.78 Å². The maximum atomic E-state index is 13.2. The van der Waals surface area contributed by atoms with Crippen molar-refractivity contribution in [3.05, 3.63) is 0 Å². The van der Waals surface area contributed by atoms with E-state index in [0.717, 1.165) is 26.2 Å². The predicted molar refractivity (Wildman–Crippen MR) is 67.9 cm³/mol. The fourth-order valence-electron chi connectivity index (χ4n) is 3.42. The van der Waals surface area contributed by atoms with E-state index in [1.54, 1.807) is 0 Å². The Bertz CT molecular complexity index is 244. The van der Waals surface area contributed by atoms with Gasteiger partial charge in [-0.3, -0.25) is 0 Å². The quantitative estimate of drug-likeness (QED) is 0.839. The highest BCUT2D eigenvalue weighted by Crippen LogP contribution is 2.39. The lowest BCUT2D eigenvalue weighted by atomic mass is 9.76. The van der Waals surface area contributed by atoms with Crippen LogP contribution < -0.4 is 5.32 Å². The molecule has 2 unspecified atom stereocenters. The Morgan fingerprint density at radius 3 is 2.50 bits per heavy atom. The van der Waals surface area contributed by atoms with Gasteiger partial charge in [-0.15, -0.1) is 0 Å². The van der Waals surface area contributed by atoms with Crippen LogP contribution in [0, 0.1) is 11.8 Å². The Kier molecular flexibility index (Phi) is 4.96. The number of alkyl halides is 2. The molecule has 18 heavy (non-hydrogen) atoms. The number of rotatable bonds is 4. The molecule has 4 heteroatoms.